The number of hydrazine groups is 1. The molecule has 1 fully saturated rings. The van der Waals surface area contributed by atoms with Crippen molar-refractivity contribution in [3.05, 3.63) is 18.2 Å². The Balaban J connectivity index is 1.96. The van der Waals surface area contributed by atoms with E-state index < -0.39 is 0 Å². The number of nitrogen functional groups attached to an aromatic ring is 1. The summed E-state index contributed by atoms with van der Waals surface area (Å²) in [6, 6.07) is 5.48. The number of ether oxygens (including phenoxy) is 2. The molecule has 5 nitrogen and oxygen atoms in total. The fourth-order valence-corrected chi connectivity index (χ4v) is 1.53. The Morgan fingerprint density at radius 2 is 2.20 bits per heavy atom. The van der Waals surface area contributed by atoms with Crippen molar-refractivity contribution in [2.45, 2.75) is 18.9 Å². The van der Waals surface area contributed by atoms with E-state index in [1.807, 2.05) is 12.1 Å². The van der Waals surface area contributed by atoms with Crippen LogP contribution in [0.5, 0.6) is 5.88 Å². The molecule has 0 unspecified atom stereocenters. The van der Waals surface area contributed by atoms with Crippen LogP contribution in [0.4, 0.5) is 5.82 Å². The minimum atomic E-state index is 0.208. The summed E-state index contributed by atoms with van der Waals surface area (Å²) in [5.74, 6) is 6.48. The Morgan fingerprint density at radius 1 is 1.40 bits per heavy atom. The molecule has 2 heterocycles. The van der Waals surface area contributed by atoms with Gasteiger partial charge in [-0.25, -0.2) is 5.84 Å². The van der Waals surface area contributed by atoms with Crippen molar-refractivity contribution < 1.29 is 9.47 Å². The molecule has 0 atom stereocenters. The molecule has 82 valence electrons. The van der Waals surface area contributed by atoms with Crippen molar-refractivity contribution in [2.24, 2.45) is 5.84 Å². The molecule has 0 aliphatic carbocycles. The number of aromatic nitrogens is 1. The lowest BCUT2D eigenvalue weighted by molar-refractivity contribution is 0.0238. The molecule has 0 radical (unpaired) electrons. The van der Waals surface area contributed by atoms with Gasteiger partial charge in [0.2, 0.25) is 5.88 Å². The molecule has 1 aromatic heterocycles. The zero-order chi connectivity index (χ0) is 10.5. The maximum atomic E-state index is 5.71. The molecule has 3 N–H and O–H groups in total. The van der Waals surface area contributed by atoms with Gasteiger partial charge in [-0.2, -0.15) is 4.98 Å². The zero-order valence-corrected chi connectivity index (χ0v) is 8.48. The summed E-state index contributed by atoms with van der Waals surface area (Å²) in [5.41, 5.74) is 2.49. The van der Waals surface area contributed by atoms with Crippen LogP contribution in [0.2, 0.25) is 0 Å². The van der Waals surface area contributed by atoms with Gasteiger partial charge in [-0.15, -0.1) is 0 Å². The van der Waals surface area contributed by atoms with Gasteiger partial charge < -0.3 is 14.9 Å². The minimum absolute atomic E-state index is 0.208. The zero-order valence-electron chi connectivity index (χ0n) is 8.48. The molecule has 1 aromatic rings. The molecule has 0 aromatic carbocycles. The number of rotatable bonds is 3. The summed E-state index contributed by atoms with van der Waals surface area (Å²) in [6.45, 7) is 1.53. The first-order valence-electron chi connectivity index (χ1n) is 5.06. The van der Waals surface area contributed by atoms with Crippen LogP contribution in [0.15, 0.2) is 18.2 Å². The van der Waals surface area contributed by atoms with Crippen LogP contribution >= 0.6 is 0 Å². The maximum absolute atomic E-state index is 5.71. The molecule has 0 amide bonds. The number of hydrogen-bond acceptors (Lipinski definition) is 5. The topological polar surface area (TPSA) is 69.4 Å². The standard InChI is InChI=1S/C10H15N3O2/c11-13-9-2-1-3-10(12-9)15-8-4-6-14-7-5-8/h1-3,8H,4-7,11H2,(H,12,13). The van der Waals surface area contributed by atoms with E-state index in [4.69, 9.17) is 15.3 Å². The molecule has 0 saturated carbocycles. The third-order valence-electron chi connectivity index (χ3n) is 2.33. The number of pyridine rings is 1. The summed E-state index contributed by atoms with van der Waals surface area (Å²) in [5, 5.41) is 0. The lowest BCUT2D eigenvalue weighted by Gasteiger charge is -2.22. The lowest BCUT2D eigenvalue weighted by Crippen LogP contribution is -2.26. The van der Waals surface area contributed by atoms with E-state index in [1.54, 1.807) is 6.07 Å². The molecule has 1 aliphatic rings. The van der Waals surface area contributed by atoms with Crippen molar-refractivity contribution in [1.82, 2.24) is 4.98 Å². The predicted molar refractivity (Wildman–Crippen MR) is 56.5 cm³/mol. The van der Waals surface area contributed by atoms with Gasteiger partial charge in [0.05, 0.1) is 13.2 Å². The number of nitrogens with two attached hydrogens (primary N) is 1. The smallest absolute Gasteiger partial charge is 0.215 e. The summed E-state index contributed by atoms with van der Waals surface area (Å²) >= 11 is 0. The summed E-state index contributed by atoms with van der Waals surface area (Å²) in [7, 11) is 0. The second-order valence-electron chi connectivity index (χ2n) is 3.43. The average Bonchev–Trinajstić information content (AvgIpc) is 2.31. The second kappa shape index (κ2) is 4.95. The SMILES string of the molecule is NNc1cccc(OC2CCOCC2)n1. The number of anilines is 1. The number of nitrogens with zero attached hydrogens (tertiary/aromatic N) is 1. The molecule has 5 heteroatoms. The molecule has 1 saturated heterocycles. The van der Waals surface area contributed by atoms with E-state index >= 15 is 0 Å². The molecule has 0 bridgehead atoms. The van der Waals surface area contributed by atoms with Gasteiger partial charge in [0.25, 0.3) is 0 Å². The van der Waals surface area contributed by atoms with Gasteiger partial charge in [0.15, 0.2) is 0 Å². The van der Waals surface area contributed by atoms with E-state index in [2.05, 4.69) is 10.4 Å². The highest BCUT2D eigenvalue weighted by atomic mass is 16.5. The second-order valence-corrected chi connectivity index (χ2v) is 3.43. The molecule has 0 spiro atoms. The normalized spacial score (nSPS) is 17.4. The van der Waals surface area contributed by atoms with Crippen LogP contribution in [0.1, 0.15) is 12.8 Å². The lowest BCUT2D eigenvalue weighted by atomic mass is 10.1. The molecule has 1 aliphatic heterocycles. The van der Waals surface area contributed by atoms with E-state index in [-0.39, 0.29) is 6.10 Å². The van der Waals surface area contributed by atoms with Crippen molar-refractivity contribution in [1.29, 1.82) is 0 Å². The van der Waals surface area contributed by atoms with Gasteiger partial charge in [0.1, 0.15) is 11.9 Å². The monoisotopic (exact) mass is 209 g/mol. The Kier molecular flexibility index (Phi) is 3.37. The van der Waals surface area contributed by atoms with Crippen molar-refractivity contribution in [3.63, 3.8) is 0 Å². The average molecular weight is 209 g/mol. The van der Waals surface area contributed by atoms with Gasteiger partial charge in [0, 0.05) is 18.9 Å². The van der Waals surface area contributed by atoms with Crippen LogP contribution in [0.3, 0.4) is 0 Å². The highest BCUT2D eigenvalue weighted by Crippen LogP contribution is 2.17. The third kappa shape index (κ3) is 2.81. The molecule has 15 heavy (non-hydrogen) atoms. The first kappa shape index (κ1) is 10.2. The number of nitrogens with one attached hydrogen (secondary N) is 1. The van der Waals surface area contributed by atoms with Crippen molar-refractivity contribution >= 4 is 5.82 Å². The van der Waals surface area contributed by atoms with E-state index in [9.17, 15) is 0 Å². The van der Waals surface area contributed by atoms with Crippen molar-refractivity contribution in [2.75, 3.05) is 18.6 Å². The summed E-state index contributed by atoms with van der Waals surface area (Å²) in [6.07, 6.45) is 2.04. The fourth-order valence-electron chi connectivity index (χ4n) is 1.53. The summed E-state index contributed by atoms with van der Waals surface area (Å²) in [4.78, 5) is 4.19. The first-order chi connectivity index (χ1) is 7.38. The van der Waals surface area contributed by atoms with Gasteiger partial charge in [-0.1, -0.05) is 6.07 Å². The molecular formula is C10H15N3O2. The molecule has 2 rings (SSSR count). The Bertz CT molecular complexity index is 313. The molecular weight excluding hydrogens is 194 g/mol. The van der Waals surface area contributed by atoms with Crippen LogP contribution in [-0.2, 0) is 4.74 Å². The van der Waals surface area contributed by atoms with Crippen molar-refractivity contribution in [3.8, 4) is 5.88 Å². The summed E-state index contributed by atoms with van der Waals surface area (Å²) < 4.78 is 11.0. The van der Waals surface area contributed by atoms with Gasteiger partial charge in [-0.05, 0) is 6.07 Å². The first-order valence-corrected chi connectivity index (χ1v) is 5.06. The third-order valence-corrected chi connectivity index (χ3v) is 2.33. The van der Waals surface area contributed by atoms with Gasteiger partial charge >= 0.3 is 0 Å². The Morgan fingerprint density at radius 3 is 2.93 bits per heavy atom. The van der Waals surface area contributed by atoms with Crippen LogP contribution in [-0.4, -0.2) is 24.3 Å². The van der Waals surface area contributed by atoms with E-state index in [0.717, 1.165) is 26.1 Å². The predicted octanol–water partition coefficient (Wildman–Crippen LogP) is 0.925. The fraction of sp³-hybridized carbons (Fsp3) is 0.500. The van der Waals surface area contributed by atoms with E-state index in [1.165, 1.54) is 0 Å². The van der Waals surface area contributed by atoms with E-state index in [0.29, 0.717) is 11.7 Å². The number of hydrogen-bond donors (Lipinski definition) is 2. The largest absolute Gasteiger partial charge is 0.474 e. The van der Waals surface area contributed by atoms with Gasteiger partial charge in [-0.3, -0.25) is 0 Å². The van der Waals surface area contributed by atoms with Crippen LogP contribution in [0.25, 0.3) is 0 Å². The Labute approximate surface area is 88.6 Å². The van der Waals surface area contributed by atoms with Crippen LogP contribution < -0.4 is 16.0 Å². The highest BCUT2D eigenvalue weighted by Gasteiger charge is 2.15. The highest BCUT2D eigenvalue weighted by molar-refractivity contribution is 5.35. The maximum Gasteiger partial charge on any atom is 0.215 e. The minimum Gasteiger partial charge on any atom is -0.474 e. The Hall–Kier alpha value is -1.33. The van der Waals surface area contributed by atoms with Crippen LogP contribution in [0, 0.1) is 0 Å². The quantitative estimate of drug-likeness (QED) is 0.572.